The second kappa shape index (κ2) is 6.68. The number of nitrogens with one attached hydrogen (secondary N) is 1. The van der Waals surface area contributed by atoms with E-state index in [4.69, 9.17) is 5.73 Å². The number of para-hydroxylation sites is 1. The third kappa shape index (κ3) is 4.33. The number of hydrogen-bond acceptors (Lipinski definition) is 3. The smallest absolute Gasteiger partial charge is 0.238 e. The Morgan fingerprint density at radius 2 is 2.00 bits per heavy atom. The van der Waals surface area contributed by atoms with Gasteiger partial charge in [0.25, 0.3) is 0 Å². The Bertz CT molecular complexity index is 397. The molecule has 1 atom stereocenters. The highest BCUT2D eigenvalue weighted by Crippen LogP contribution is 2.19. The van der Waals surface area contributed by atoms with E-state index in [0.29, 0.717) is 12.5 Å². The first-order valence-electron chi connectivity index (χ1n) is 6.98. The molecule has 19 heavy (non-hydrogen) atoms. The molecule has 1 saturated heterocycles. The predicted octanol–water partition coefficient (Wildman–Crippen LogP) is 1.68. The Balaban J connectivity index is 1.75. The van der Waals surface area contributed by atoms with Crippen LogP contribution in [0, 0.1) is 5.92 Å². The molecule has 1 amide bonds. The van der Waals surface area contributed by atoms with E-state index in [1.807, 2.05) is 30.3 Å². The summed E-state index contributed by atoms with van der Waals surface area (Å²) in [5.41, 5.74) is 6.78. The number of benzene rings is 1. The molecule has 1 fully saturated rings. The lowest BCUT2D eigenvalue weighted by Gasteiger charge is -2.33. The highest BCUT2D eigenvalue weighted by Gasteiger charge is 2.22. The van der Waals surface area contributed by atoms with Crippen LogP contribution in [0.2, 0.25) is 0 Å². The number of anilines is 1. The van der Waals surface area contributed by atoms with Crippen LogP contribution in [0.15, 0.2) is 30.3 Å². The van der Waals surface area contributed by atoms with Crippen molar-refractivity contribution in [3.8, 4) is 0 Å². The van der Waals surface area contributed by atoms with Crippen molar-refractivity contribution >= 4 is 11.6 Å². The van der Waals surface area contributed by atoms with Gasteiger partial charge in [0.15, 0.2) is 0 Å². The molecule has 0 saturated carbocycles. The molecule has 0 spiro atoms. The molecule has 2 rings (SSSR count). The Kier molecular flexibility index (Phi) is 4.93. The van der Waals surface area contributed by atoms with E-state index < -0.39 is 0 Å². The van der Waals surface area contributed by atoms with Gasteiger partial charge in [0, 0.05) is 11.7 Å². The molecule has 0 aliphatic carbocycles. The highest BCUT2D eigenvalue weighted by atomic mass is 16.2. The zero-order valence-corrected chi connectivity index (χ0v) is 11.5. The molecule has 1 aliphatic heterocycles. The van der Waals surface area contributed by atoms with Gasteiger partial charge in [-0.2, -0.15) is 0 Å². The minimum Gasteiger partial charge on any atom is -0.328 e. The lowest BCUT2D eigenvalue weighted by molar-refractivity contribution is -0.117. The van der Waals surface area contributed by atoms with Crippen LogP contribution in [0.3, 0.4) is 0 Å². The molecule has 0 radical (unpaired) electrons. The van der Waals surface area contributed by atoms with E-state index in [9.17, 15) is 4.79 Å². The van der Waals surface area contributed by atoms with Crippen molar-refractivity contribution < 1.29 is 4.79 Å². The molecule has 4 heteroatoms. The lowest BCUT2D eigenvalue weighted by atomic mass is 9.91. The highest BCUT2D eigenvalue weighted by molar-refractivity contribution is 5.92. The fourth-order valence-corrected chi connectivity index (χ4v) is 2.56. The average Bonchev–Trinajstić information content (AvgIpc) is 2.40. The second-order valence-electron chi connectivity index (χ2n) is 5.39. The van der Waals surface area contributed by atoms with Gasteiger partial charge in [-0.1, -0.05) is 18.2 Å². The van der Waals surface area contributed by atoms with Gasteiger partial charge in [-0.3, -0.25) is 9.69 Å². The quantitative estimate of drug-likeness (QED) is 0.867. The van der Waals surface area contributed by atoms with E-state index in [2.05, 4.69) is 17.1 Å². The zero-order chi connectivity index (χ0) is 13.7. The summed E-state index contributed by atoms with van der Waals surface area (Å²) in [7, 11) is 0. The average molecular weight is 261 g/mol. The molecule has 104 valence electrons. The fraction of sp³-hybridized carbons (Fsp3) is 0.533. The molecule has 1 aromatic rings. The molecule has 0 bridgehead atoms. The molecule has 4 nitrogen and oxygen atoms in total. The van der Waals surface area contributed by atoms with Gasteiger partial charge in [0.2, 0.25) is 5.91 Å². The van der Waals surface area contributed by atoms with Crippen molar-refractivity contribution in [1.82, 2.24) is 4.90 Å². The summed E-state index contributed by atoms with van der Waals surface area (Å²) in [6.45, 7) is 4.48. The van der Waals surface area contributed by atoms with Gasteiger partial charge >= 0.3 is 0 Å². The van der Waals surface area contributed by atoms with Crippen LogP contribution >= 0.6 is 0 Å². The van der Waals surface area contributed by atoms with Crippen LogP contribution in [0.4, 0.5) is 5.69 Å². The van der Waals surface area contributed by atoms with Gasteiger partial charge in [-0.05, 0) is 50.9 Å². The van der Waals surface area contributed by atoms with E-state index in [-0.39, 0.29) is 11.9 Å². The number of hydrogen-bond donors (Lipinski definition) is 2. The molecular formula is C15H23N3O. The maximum atomic E-state index is 11.9. The van der Waals surface area contributed by atoms with Crippen LogP contribution in [0.1, 0.15) is 19.8 Å². The number of piperidine rings is 1. The van der Waals surface area contributed by atoms with Gasteiger partial charge in [-0.25, -0.2) is 0 Å². The standard InChI is InChI=1S/C15H23N3O/c1-12(16)13-7-9-18(10-8-13)11-15(19)17-14-5-3-2-4-6-14/h2-6,12-13H,7-11,16H2,1H3,(H,17,19). The molecule has 1 heterocycles. The van der Waals surface area contributed by atoms with Crippen LogP contribution in [-0.4, -0.2) is 36.5 Å². The second-order valence-corrected chi connectivity index (χ2v) is 5.39. The summed E-state index contributed by atoms with van der Waals surface area (Å²) < 4.78 is 0. The Labute approximate surface area is 115 Å². The first kappa shape index (κ1) is 14.0. The van der Waals surface area contributed by atoms with Crippen molar-refractivity contribution in [3.63, 3.8) is 0 Å². The molecule has 1 unspecified atom stereocenters. The third-order valence-corrected chi connectivity index (χ3v) is 3.80. The fourth-order valence-electron chi connectivity index (χ4n) is 2.56. The topological polar surface area (TPSA) is 58.4 Å². The maximum Gasteiger partial charge on any atom is 0.238 e. The van der Waals surface area contributed by atoms with E-state index in [1.54, 1.807) is 0 Å². The minimum atomic E-state index is 0.0606. The number of carbonyl (C=O) groups excluding carboxylic acids is 1. The third-order valence-electron chi connectivity index (χ3n) is 3.80. The zero-order valence-electron chi connectivity index (χ0n) is 11.5. The van der Waals surface area contributed by atoms with Gasteiger partial charge in [-0.15, -0.1) is 0 Å². The Morgan fingerprint density at radius 1 is 1.37 bits per heavy atom. The van der Waals surface area contributed by atoms with Gasteiger partial charge in [0.05, 0.1) is 6.54 Å². The lowest BCUT2D eigenvalue weighted by Crippen LogP contribution is -2.42. The van der Waals surface area contributed by atoms with Gasteiger partial charge < -0.3 is 11.1 Å². The first-order valence-corrected chi connectivity index (χ1v) is 6.98. The van der Waals surface area contributed by atoms with Crippen molar-refractivity contribution in [3.05, 3.63) is 30.3 Å². The largest absolute Gasteiger partial charge is 0.328 e. The number of carbonyl (C=O) groups is 1. The minimum absolute atomic E-state index is 0.0606. The van der Waals surface area contributed by atoms with Gasteiger partial charge in [0.1, 0.15) is 0 Å². The van der Waals surface area contributed by atoms with Crippen LogP contribution in [-0.2, 0) is 4.79 Å². The maximum absolute atomic E-state index is 11.9. The Hall–Kier alpha value is -1.39. The van der Waals surface area contributed by atoms with E-state index in [1.165, 1.54) is 0 Å². The van der Waals surface area contributed by atoms with Crippen molar-refractivity contribution in [2.45, 2.75) is 25.8 Å². The SMILES string of the molecule is CC(N)C1CCN(CC(=O)Nc2ccccc2)CC1. The van der Waals surface area contributed by atoms with Crippen molar-refractivity contribution in [1.29, 1.82) is 0 Å². The molecular weight excluding hydrogens is 238 g/mol. The normalized spacial score (nSPS) is 19.1. The van der Waals surface area contributed by atoms with E-state index in [0.717, 1.165) is 31.6 Å². The predicted molar refractivity (Wildman–Crippen MR) is 77.9 cm³/mol. The number of amides is 1. The summed E-state index contributed by atoms with van der Waals surface area (Å²) in [5, 5.41) is 2.92. The summed E-state index contributed by atoms with van der Waals surface area (Å²) in [4.78, 5) is 14.1. The number of rotatable bonds is 4. The molecule has 1 aromatic carbocycles. The summed E-state index contributed by atoms with van der Waals surface area (Å²) in [6.07, 6.45) is 2.19. The Morgan fingerprint density at radius 3 is 2.58 bits per heavy atom. The molecule has 3 N–H and O–H groups in total. The summed E-state index contributed by atoms with van der Waals surface area (Å²) in [5.74, 6) is 0.666. The number of likely N-dealkylation sites (tertiary alicyclic amines) is 1. The van der Waals surface area contributed by atoms with Crippen LogP contribution in [0.25, 0.3) is 0 Å². The van der Waals surface area contributed by atoms with Crippen LogP contribution < -0.4 is 11.1 Å². The van der Waals surface area contributed by atoms with Crippen LogP contribution in [0.5, 0.6) is 0 Å². The summed E-state index contributed by atoms with van der Waals surface area (Å²) in [6, 6.07) is 9.85. The van der Waals surface area contributed by atoms with Crippen molar-refractivity contribution in [2.75, 3.05) is 25.0 Å². The number of nitrogens with two attached hydrogens (primary N) is 1. The summed E-state index contributed by atoms with van der Waals surface area (Å²) >= 11 is 0. The molecule has 1 aliphatic rings. The molecule has 0 aromatic heterocycles. The van der Waals surface area contributed by atoms with Crippen molar-refractivity contribution in [2.24, 2.45) is 11.7 Å². The number of nitrogens with zero attached hydrogens (tertiary/aromatic N) is 1. The first-order chi connectivity index (χ1) is 9.15. The monoisotopic (exact) mass is 261 g/mol. The van der Waals surface area contributed by atoms with E-state index >= 15 is 0 Å².